The first kappa shape index (κ1) is 12.0. The molecule has 18 heavy (non-hydrogen) atoms. The lowest BCUT2D eigenvalue weighted by Crippen LogP contribution is -2.48. The van der Waals surface area contributed by atoms with Crippen molar-refractivity contribution in [2.75, 3.05) is 19.6 Å². The van der Waals surface area contributed by atoms with Gasteiger partial charge in [0.15, 0.2) is 0 Å². The standard InChI is InChI=1S/C14H17ClN2O/c15-13-4-2-1-3-10(13)11-5-12(11)14(18)17-8-9-6-16-7-9/h1-4,9,11-12,16H,5-8H2,(H,17,18). The van der Waals surface area contributed by atoms with Gasteiger partial charge in [0.1, 0.15) is 0 Å². The topological polar surface area (TPSA) is 41.1 Å². The molecule has 2 N–H and O–H groups in total. The van der Waals surface area contributed by atoms with Crippen molar-refractivity contribution >= 4 is 17.5 Å². The van der Waals surface area contributed by atoms with E-state index >= 15 is 0 Å². The second-order valence-corrected chi connectivity index (χ2v) is 5.65. The molecule has 0 bridgehead atoms. The van der Waals surface area contributed by atoms with Crippen LogP contribution in [0.5, 0.6) is 0 Å². The fourth-order valence-corrected chi connectivity index (χ4v) is 2.75. The van der Waals surface area contributed by atoms with Crippen molar-refractivity contribution in [1.82, 2.24) is 10.6 Å². The van der Waals surface area contributed by atoms with Crippen LogP contribution in [0.1, 0.15) is 17.9 Å². The fourth-order valence-electron chi connectivity index (χ4n) is 2.47. The van der Waals surface area contributed by atoms with Gasteiger partial charge in [0, 0.05) is 36.5 Å². The average Bonchev–Trinajstić information content (AvgIpc) is 3.07. The summed E-state index contributed by atoms with van der Waals surface area (Å²) in [6.07, 6.45) is 0.929. The second-order valence-electron chi connectivity index (χ2n) is 5.24. The summed E-state index contributed by atoms with van der Waals surface area (Å²) in [4.78, 5) is 12.0. The molecule has 0 radical (unpaired) electrons. The molecule has 1 aliphatic heterocycles. The minimum absolute atomic E-state index is 0.123. The van der Waals surface area contributed by atoms with Crippen LogP contribution in [0.2, 0.25) is 5.02 Å². The van der Waals surface area contributed by atoms with E-state index in [4.69, 9.17) is 11.6 Å². The molecule has 1 aromatic carbocycles. The molecular weight excluding hydrogens is 248 g/mol. The monoisotopic (exact) mass is 264 g/mol. The maximum Gasteiger partial charge on any atom is 0.223 e. The number of halogens is 1. The number of nitrogens with one attached hydrogen (secondary N) is 2. The summed E-state index contributed by atoms with van der Waals surface area (Å²) in [5.41, 5.74) is 1.12. The Morgan fingerprint density at radius 1 is 1.39 bits per heavy atom. The molecule has 2 unspecified atom stereocenters. The first-order chi connectivity index (χ1) is 8.75. The number of hydrogen-bond donors (Lipinski definition) is 2. The summed E-state index contributed by atoms with van der Waals surface area (Å²) in [6.45, 7) is 2.86. The Labute approximate surface area is 112 Å². The Morgan fingerprint density at radius 3 is 2.83 bits per heavy atom. The van der Waals surface area contributed by atoms with Crippen molar-refractivity contribution in [2.45, 2.75) is 12.3 Å². The van der Waals surface area contributed by atoms with Gasteiger partial charge in [-0.05, 0) is 24.0 Å². The first-order valence-electron chi connectivity index (χ1n) is 6.48. The lowest BCUT2D eigenvalue weighted by Gasteiger charge is -2.27. The minimum atomic E-state index is 0.123. The zero-order valence-corrected chi connectivity index (χ0v) is 10.9. The SMILES string of the molecule is O=C(NCC1CNC1)C1CC1c1ccccc1Cl. The van der Waals surface area contributed by atoms with Crippen molar-refractivity contribution < 1.29 is 4.79 Å². The summed E-state index contributed by atoms with van der Waals surface area (Å²) in [7, 11) is 0. The maximum absolute atomic E-state index is 12.0. The number of carbonyl (C=O) groups is 1. The highest BCUT2D eigenvalue weighted by atomic mass is 35.5. The molecule has 2 aliphatic rings. The quantitative estimate of drug-likeness (QED) is 0.870. The van der Waals surface area contributed by atoms with Gasteiger partial charge in [-0.15, -0.1) is 0 Å². The van der Waals surface area contributed by atoms with Crippen molar-refractivity contribution in [2.24, 2.45) is 11.8 Å². The van der Waals surface area contributed by atoms with E-state index in [9.17, 15) is 4.79 Å². The molecule has 4 heteroatoms. The summed E-state index contributed by atoms with van der Waals surface area (Å²) in [6, 6.07) is 7.82. The third-order valence-electron chi connectivity index (χ3n) is 3.86. The molecule has 1 saturated heterocycles. The maximum atomic E-state index is 12.0. The Balaban J connectivity index is 1.53. The molecule has 2 fully saturated rings. The van der Waals surface area contributed by atoms with E-state index in [2.05, 4.69) is 10.6 Å². The van der Waals surface area contributed by atoms with Gasteiger partial charge < -0.3 is 10.6 Å². The van der Waals surface area contributed by atoms with Crippen molar-refractivity contribution in [3.05, 3.63) is 34.9 Å². The number of hydrogen-bond acceptors (Lipinski definition) is 2. The number of amides is 1. The van der Waals surface area contributed by atoms with E-state index in [1.165, 1.54) is 0 Å². The van der Waals surface area contributed by atoms with E-state index in [1.54, 1.807) is 0 Å². The molecule has 1 amide bonds. The Morgan fingerprint density at radius 2 is 2.17 bits per heavy atom. The number of benzene rings is 1. The molecule has 1 heterocycles. The van der Waals surface area contributed by atoms with Crippen LogP contribution in [-0.4, -0.2) is 25.5 Å². The molecule has 96 valence electrons. The van der Waals surface area contributed by atoms with Gasteiger partial charge in [-0.1, -0.05) is 29.8 Å². The minimum Gasteiger partial charge on any atom is -0.355 e. The summed E-state index contributed by atoms with van der Waals surface area (Å²) in [5, 5.41) is 7.03. The molecule has 2 atom stereocenters. The average molecular weight is 265 g/mol. The fraction of sp³-hybridized carbons (Fsp3) is 0.500. The van der Waals surface area contributed by atoms with Crippen molar-refractivity contribution in [1.29, 1.82) is 0 Å². The zero-order chi connectivity index (χ0) is 12.5. The van der Waals surface area contributed by atoms with Crippen LogP contribution in [0.25, 0.3) is 0 Å². The van der Waals surface area contributed by atoms with Crippen LogP contribution in [0, 0.1) is 11.8 Å². The summed E-state index contributed by atoms with van der Waals surface area (Å²) >= 11 is 6.15. The first-order valence-corrected chi connectivity index (χ1v) is 6.86. The van der Waals surface area contributed by atoms with Gasteiger partial charge in [-0.3, -0.25) is 4.79 Å². The zero-order valence-electron chi connectivity index (χ0n) is 10.2. The van der Waals surface area contributed by atoms with Gasteiger partial charge in [-0.2, -0.15) is 0 Å². The summed E-state index contributed by atoms with van der Waals surface area (Å²) < 4.78 is 0. The smallest absolute Gasteiger partial charge is 0.223 e. The van der Waals surface area contributed by atoms with E-state index in [0.717, 1.165) is 36.6 Å². The predicted molar refractivity (Wildman–Crippen MR) is 71.7 cm³/mol. The van der Waals surface area contributed by atoms with Gasteiger partial charge in [0.25, 0.3) is 0 Å². The van der Waals surface area contributed by atoms with Crippen LogP contribution >= 0.6 is 11.6 Å². The Kier molecular flexibility index (Phi) is 3.27. The number of rotatable bonds is 4. The number of carbonyl (C=O) groups excluding carboxylic acids is 1. The van der Waals surface area contributed by atoms with Crippen LogP contribution in [0.15, 0.2) is 24.3 Å². The van der Waals surface area contributed by atoms with E-state index < -0.39 is 0 Å². The van der Waals surface area contributed by atoms with E-state index in [1.807, 2.05) is 24.3 Å². The third-order valence-corrected chi connectivity index (χ3v) is 4.21. The van der Waals surface area contributed by atoms with Crippen LogP contribution < -0.4 is 10.6 Å². The lowest BCUT2D eigenvalue weighted by atomic mass is 10.0. The Bertz CT molecular complexity index is 459. The highest BCUT2D eigenvalue weighted by Gasteiger charge is 2.44. The molecule has 1 aliphatic carbocycles. The summed E-state index contributed by atoms with van der Waals surface area (Å²) in [5.74, 6) is 1.24. The molecule has 0 aromatic heterocycles. The van der Waals surface area contributed by atoms with Crippen molar-refractivity contribution in [3.63, 3.8) is 0 Å². The van der Waals surface area contributed by atoms with Crippen LogP contribution in [-0.2, 0) is 4.79 Å². The molecule has 1 saturated carbocycles. The highest BCUT2D eigenvalue weighted by molar-refractivity contribution is 6.31. The van der Waals surface area contributed by atoms with E-state index in [0.29, 0.717) is 11.8 Å². The third kappa shape index (κ3) is 2.38. The normalized spacial score (nSPS) is 26.5. The van der Waals surface area contributed by atoms with Gasteiger partial charge in [-0.25, -0.2) is 0 Å². The lowest BCUT2D eigenvalue weighted by molar-refractivity contribution is -0.122. The molecule has 3 nitrogen and oxygen atoms in total. The molecule has 1 aromatic rings. The van der Waals surface area contributed by atoms with E-state index in [-0.39, 0.29) is 11.8 Å². The van der Waals surface area contributed by atoms with Gasteiger partial charge in [0.2, 0.25) is 5.91 Å². The molecule has 0 spiro atoms. The van der Waals surface area contributed by atoms with Gasteiger partial charge in [0.05, 0.1) is 0 Å². The molecule has 3 rings (SSSR count). The van der Waals surface area contributed by atoms with Crippen molar-refractivity contribution in [3.8, 4) is 0 Å². The molecular formula is C14H17ClN2O. The second kappa shape index (κ2) is 4.90. The van der Waals surface area contributed by atoms with Crippen LogP contribution in [0.4, 0.5) is 0 Å². The van der Waals surface area contributed by atoms with Crippen LogP contribution in [0.3, 0.4) is 0 Å². The van der Waals surface area contributed by atoms with Gasteiger partial charge >= 0.3 is 0 Å². The largest absolute Gasteiger partial charge is 0.355 e. The highest BCUT2D eigenvalue weighted by Crippen LogP contribution is 2.49. The Hall–Kier alpha value is -1.06. The predicted octanol–water partition coefficient (Wildman–Crippen LogP) is 1.78.